The second kappa shape index (κ2) is 3.59. The third kappa shape index (κ3) is 1.40. The van der Waals surface area contributed by atoms with Crippen LogP contribution < -0.4 is 11.1 Å². The van der Waals surface area contributed by atoms with Gasteiger partial charge in [0.1, 0.15) is 0 Å². The molecule has 0 radical (unpaired) electrons. The lowest BCUT2D eigenvalue weighted by molar-refractivity contribution is -0.131. The van der Waals surface area contributed by atoms with Gasteiger partial charge in [0.15, 0.2) is 5.54 Å². The molecule has 3 N–H and O–H groups in total. The van der Waals surface area contributed by atoms with Gasteiger partial charge in [0.2, 0.25) is 18.1 Å². The van der Waals surface area contributed by atoms with Crippen molar-refractivity contribution in [1.29, 1.82) is 0 Å². The number of nitrogens with zero attached hydrogens (tertiary/aromatic N) is 3. The predicted octanol–water partition coefficient (Wildman–Crippen LogP) is -1.71. The lowest BCUT2D eigenvalue weighted by Gasteiger charge is -2.40. The highest BCUT2D eigenvalue weighted by Crippen LogP contribution is 2.25. The summed E-state index contributed by atoms with van der Waals surface area (Å²) in [6.07, 6.45) is 1.20. The van der Waals surface area contributed by atoms with Crippen LogP contribution in [0.2, 0.25) is 0 Å². The van der Waals surface area contributed by atoms with Crippen LogP contribution in [0.5, 0.6) is 0 Å². The minimum absolute atomic E-state index is 0.310. The second-order valence-electron chi connectivity index (χ2n) is 3.58. The first-order chi connectivity index (χ1) is 7.18. The van der Waals surface area contributed by atoms with Crippen LogP contribution in [0.4, 0.5) is 0 Å². The first-order valence-electron chi connectivity index (χ1n) is 4.66. The molecule has 82 valence electrons. The molecule has 1 aliphatic heterocycles. The first-order valence-corrected chi connectivity index (χ1v) is 4.66. The van der Waals surface area contributed by atoms with Crippen LogP contribution in [0, 0.1) is 0 Å². The third-order valence-corrected chi connectivity index (χ3v) is 2.80. The van der Waals surface area contributed by atoms with Crippen molar-refractivity contribution < 1.29 is 9.32 Å². The van der Waals surface area contributed by atoms with Crippen molar-refractivity contribution in [2.75, 3.05) is 26.7 Å². The standard InChI is InChI=1S/C8H13N5O2/c1-13-3-2-10-4-8(13,6(9)14)7-11-5-15-12-7/h5,10H,2-4H2,1H3,(H2,9,14). The molecule has 15 heavy (non-hydrogen) atoms. The van der Waals surface area contributed by atoms with Crippen molar-refractivity contribution in [3.05, 3.63) is 12.2 Å². The Morgan fingerprint density at radius 1 is 1.80 bits per heavy atom. The molecule has 0 saturated carbocycles. The summed E-state index contributed by atoms with van der Waals surface area (Å²) in [6.45, 7) is 1.92. The van der Waals surface area contributed by atoms with E-state index in [1.165, 1.54) is 6.39 Å². The van der Waals surface area contributed by atoms with Crippen molar-refractivity contribution in [2.24, 2.45) is 5.73 Å². The fourth-order valence-electron chi connectivity index (χ4n) is 1.83. The Hall–Kier alpha value is -1.47. The highest BCUT2D eigenvalue weighted by Gasteiger charge is 2.47. The Kier molecular flexibility index (Phi) is 2.41. The number of amides is 1. The average Bonchev–Trinajstić information content (AvgIpc) is 2.71. The maximum Gasteiger partial charge on any atom is 0.247 e. The van der Waals surface area contributed by atoms with E-state index < -0.39 is 11.4 Å². The molecule has 2 heterocycles. The van der Waals surface area contributed by atoms with Crippen LogP contribution in [-0.2, 0) is 10.3 Å². The van der Waals surface area contributed by atoms with E-state index in [9.17, 15) is 4.79 Å². The van der Waals surface area contributed by atoms with Gasteiger partial charge in [0.25, 0.3) is 0 Å². The van der Waals surface area contributed by atoms with Crippen molar-refractivity contribution in [1.82, 2.24) is 20.4 Å². The highest BCUT2D eigenvalue weighted by molar-refractivity contribution is 5.85. The molecule has 1 saturated heterocycles. The predicted molar refractivity (Wildman–Crippen MR) is 50.7 cm³/mol. The molecule has 1 amide bonds. The largest absolute Gasteiger partial charge is 0.368 e. The molecular weight excluding hydrogens is 198 g/mol. The van der Waals surface area contributed by atoms with Gasteiger partial charge in [-0.05, 0) is 7.05 Å². The zero-order valence-corrected chi connectivity index (χ0v) is 8.43. The molecule has 0 aliphatic carbocycles. The normalized spacial score (nSPS) is 27.8. The Morgan fingerprint density at radius 2 is 2.60 bits per heavy atom. The molecule has 0 aromatic carbocycles. The molecule has 0 bridgehead atoms. The summed E-state index contributed by atoms with van der Waals surface area (Å²) in [5.41, 5.74) is 4.45. The van der Waals surface area contributed by atoms with Crippen molar-refractivity contribution in [3.63, 3.8) is 0 Å². The summed E-state index contributed by atoms with van der Waals surface area (Å²) in [5.74, 6) is -0.164. The molecule has 1 unspecified atom stereocenters. The van der Waals surface area contributed by atoms with Crippen LogP contribution in [-0.4, -0.2) is 47.6 Å². The monoisotopic (exact) mass is 211 g/mol. The molecule has 1 aromatic rings. The zero-order chi connectivity index (χ0) is 10.9. The summed E-state index contributed by atoms with van der Waals surface area (Å²) in [4.78, 5) is 17.4. The van der Waals surface area contributed by atoms with E-state index in [1.54, 1.807) is 0 Å². The summed E-state index contributed by atoms with van der Waals surface area (Å²) < 4.78 is 4.67. The van der Waals surface area contributed by atoms with Crippen molar-refractivity contribution >= 4 is 5.91 Å². The summed E-state index contributed by atoms with van der Waals surface area (Å²) >= 11 is 0. The van der Waals surface area contributed by atoms with E-state index in [4.69, 9.17) is 5.73 Å². The number of hydrogen-bond acceptors (Lipinski definition) is 6. The van der Waals surface area contributed by atoms with Crippen molar-refractivity contribution in [2.45, 2.75) is 5.54 Å². The maximum atomic E-state index is 11.6. The Labute approximate surface area is 86.6 Å². The van der Waals surface area contributed by atoms with Crippen LogP contribution >= 0.6 is 0 Å². The van der Waals surface area contributed by atoms with Crippen LogP contribution in [0.25, 0.3) is 0 Å². The number of hydrogen-bond donors (Lipinski definition) is 2. The lowest BCUT2D eigenvalue weighted by Crippen LogP contribution is -2.64. The van der Waals surface area contributed by atoms with Crippen LogP contribution in [0.3, 0.4) is 0 Å². The molecule has 2 rings (SSSR count). The summed E-state index contributed by atoms with van der Waals surface area (Å²) in [7, 11) is 1.82. The second-order valence-corrected chi connectivity index (χ2v) is 3.58. The molecule has 7 nitrogen and oxygen atoms in total. The number of carbonyl (C=O) groups is 1. The number of likely N-dealkylation sites (N-methyl/N-ethyl adjacent to an activating group) is 1. The first kappa shape index (κ1) is 10.1. The fourth-order valence-corrected chi connectivity index (χ4v) is 1.83. The zero-order valence-electron chi connectivity index (χ0n) is 8.43. The summed E-state index contributed by atoms with van der Waals surface area (Å²) in [5, 5.41) is 6.83. The number of carbonyl (C=O) groups excluding carboxylic acids is 1. The number of primary amides is 1. The number of aromatic nitrogens is 2. The Bertz CT molecular complexity index is 352. The molecule has 7 heteroatoms. The van der Waals surface area contributed by atoms with Gasteiger partial charge in [-0.3, -0.25) is 9.69 Å². The molecule has 1 fully saturated rings. The molecule has 1 aromatic heterocycles. The van der Waals surface area contributed by atoms with Gasteiger partial charge in [-0.2, -0.15) is 4.98 Å². The van der Waals surface area contributed by atoms with E-state index in [-0.39, 0.29) is 0 Å². The van der Waals surface area contributed by atoms with E-state index >= 15 is 0 Å². The molecule has 1 aliphatic rings. The highest BCUT2D eigenvalue weighted by atomic mass is 16.5. The third-order valence-electron chi connectivity index (χ3n) is 2.80. The Morgan fingerprint density at radius 3 is 3.13 bits per heavy atom. The lowest BCUT2D eigenvalue weighted by atomic mass is 9.93. The smallest absolute Gasteiger partial charge is 0.247 e. The van der Waals surface area contributed by atoms with E-state index in [0.29, 0.717) is 18.9 Å². The van der Waals surface area contributed by atoms with Crippen molar-refractivity contribution in [3.8, 4) is 0 Å². The quantitative estimate of drug-likeness (QED) is 0.604. The minimum atomic E-state index is -0.995. The maximum absolute atomic E-state index is 11.6. The minimum Gasteiger partial charge on any atom is -0.368 e. The average molecular weight is 211 g/mol. The molecule has 1 atom stereocenters. The van der Waals surface area contributed by atoms with Gasteiger partial charge in [0, 0.05) is 19.6 Å². The topological polar surface area (TPSA) is 97.3 Å². The van der Waals surface area contributed by atoms with Gasteiger partial charge in [-0.15, -0.1) is 0 Å². The van der Waals surface area contributed by atoms with Gasteiger partial charge in [-0.1, -0.05) is 5.16 Å². The van der Waals surface area contributed by atoms with Crippen LogP contribution in [0.15, 0.2) is 10.9 Å². The molecular formula is C8H13N5O2. The van der Waals surface area contributed by atoms with E-state index in [2.05, 4.69) is 20.0 Å². The number of piperazine rings is 1. The summed E-state index contributed by atoms with van der Waals surface area (Å²) in [6, 6.07) is 0. The fraction of sp³-hybridized carbons (Fsp3) is 0.625. The molecule has 0 spiro atoms. The van der Waals surface area contributed by atoms with E-state index in [1.807, 2.05) is 11.9 Å². The van der Waals surface area contributed by atoms with E-state index in [0.717, 1.165) is 6.54 Å². The van der Waals surface area contributed by atoms with Gasteiger partial charge >= 0.3 is 0 Å². The Balaban J connectivity index is 2.43. The van der Waals surface area contributed by atoms with Gasteiger partial charge in [-0.25, -0.2) is 0 Å². The van der Waals surface area contributed by atoms with Gasteiger partial charge in [0.05, 0.1) is 0 Å². The number of nitrogens with one attached hydrogen (secondary N) is 1. The number of rotatable bonds is 2. The van der Waals surface area contributed by atoms with Crippen LogP contribution in [0.1, 0.15) is 5.82 Å². The van der Waals surface area contributed by atoms with Gasteiger partial charge < -0.3 is 15.6 Å². The number of nitrogens with two attached hydrogens (primary N) is 1. The SMILES string of the molecule is CN1CCNCC1(C(N)=O)c1ncon1.